The van der Waals surface area contributed by atoms with Gasteiger partial charge in [-0.3, -0.25) is 14.6 Å². The number of ether oxygens (including phenoxy) is 2. The van der Waals surface area contributed by atoms with E-state index in [0.29, 0.717) is 51.5 Å². The molecule has 1 fully saturated rings. The van der Waals surface area contributed by atoms with Gasteiger partial charge in [-0.1, -0.05) is 35.3 Å². The summed E-state index contributed by atoms with van der Waals surface area (Å²) >= 11 is 14.8. The predicted octanol–water partition coefficient (Wildman–Crippen LogP) is 2.54. The average molecular weight is 762 g/mol. The number of pyridine rings is 2. The van der Waals surface area contributed by atoms with Crippen molar-refractivity contribution in [3.63, 3.8) is 0 Å². The van der Waals surface area contributed by atoms with Gasteiger partial charge in [0.25, 0.3) is 5.91 Å². The minimum absolute atomic E-state index is 0. The number of amides is 3. The number of halogens is 2. The molecule has 2 N–H and O–H groups in total. The van der Waals surface area contributed by atoms with Crippen LogP contribution < -0.4 is 39.3 Å². The predicted molar refractivity (Wildman–Crippen MR) is 191 cm³/mol. The molecular formula is C35H35Cl2LiN6O7S. The number of nitrogens with one attached hydrogen (secondary N) is 2. The number of anilines is 1. The molecule has 1 saturated heterocycles. The first-order valence-electron chi connectivity index (χ1n) is 15.9. The first-order valence-corrected chi connectivity index (χ1v) is 17.5. The van der Waals surface area contributed by atoms with Gasteiger partial charge in [0.1, 0.15) is 5.60 Å². The Morgan fingerprint density at radius 2 is 1.87 bits per heavy atom. The molecule has 0 unspecified atom stereocenters. The Kier molecular flexibility index (Phi) is 13.7. The monoisotopic (exact) mass is 760 g/mol. The number of aromatic nitrogens is 3. The number of carboxylic acids is 1. The van der Waals surface area contributed by atoms with Crippen molar-refractivity contribution >= 4 is 64.1 Å². The van der Waals surface area contributed by atoms with Crippen molar-refractivity contribution in [2.24, 2.45) is 0 Å². The summed E-state index contributed by atoms with van der Waals surface area (Å²) in [6.45, 7) is 5.72. The van der Waals surface area contributed by atoms with Crippen LogP contribution >= 0.6 is 34.5 Å². The topological polar surface area (TPSA) is 176 Å². The fraction of sp³-hybridized carbons (Fsp3) is 0.343. The summed E-state index contributed by atoms with van der Waals surface area (Å²) in [6, 6.07) is 10.1. The number of carbonyl (C=O) groups is 4. The molecule has 4 heterocycles. The number of benzene rings is 1. The van der Waals surface area contributed by atoms with E-state index < -0.39 is 23.6 Å². The Balaban J connectivity index is 0.00000605. The van der Waals surface area contributed by atoms with E-state index in [4.69, 9.17) is 37.7 Å². The minimum atomic E-state index is -1.18. The minimum Gasteiger partial charge on any atom is -0.550 e. The summed E-state index contributed by atoms with van der Waals surface area (Å²) in [5.74, 6) is -1.49. The summed E-state index contributed by atoms with van der Waals surface area (Å²) < 4.78 is 11.3. The van der Waals surface area contributed by atoms with Gasteiger partial charge >= 0.3 is 25.0 Å². The van der Waals surface area contributed by atoms with E-state index in [9.17, 15) is 24.3 Å². The van der Waals surface area contributed by atoms with Gasteiger partial charge < -0.3 is 34.9 Å². The Bertz CT molecular complexity index is 1970. The van der Waals surface area contributed by atoms with Crippen LogP contribution in [0.1, 0.15) is 60.3 Å². The zero-order valence-electron chi connectivity index (χ0n) is 29.2. The SMILES string of the molecule is COc1nc(-c2ccnc(-c3cccc(NC(=O)c4ncc(CCC(=O)[O-])s4)c3Cl)c2Cl)ccc1CN(C[C@@H]1CCC(=O)N1)C(=O)OC(C)(C)C.[Li+]. The number of nitrogens with zero attached hydrogens (tertiary/aromatic N) is 4. The van der Waals surface area contributed by atoms with Gasteiger partial charge in [0.2, 0.25) is 11.8 Å². The Morgan fingerprint density at radius 3 is 2.54 bits per heavy atom. The average Bonchev–Trinajstić information content (AvgIpc) is 3.73. The molecule has 1 aliphatic rings. The number of hydrogen-bond acceptors (Lipinski definition) is 11. The number of rotatable bonds is 12. The van der Waals surface area contributed by atoms with Crippen LogP contribution in [0.5, 0.6) is 5.88 Å². The molecule has 1 aliphatic heterocycles. The molecule has 52 heavy (non-hydrogen) atoms. The van der Waals surface area contributed by atoms with Gasteiger partial charge in [-0.05, 0) is 64.3 Å². The Hall–Kier alpha value is -4.19. The van der Waals surface area contributed by atoms with Crippen LogP contribution in [0.15, 0.2) is 48.8 Å². The van der Waals surface area contributed by atoms with Gasteiger partial charge in [-0.25, -0.2) is 14.8 Å². The van der Waals surface area contributed by atoms with Crippen LogP contribution in [0.2, 0.25) is 10.0 Å². The van der Waals surface area contributed by atoms with Crippen molar-refractivity contribution in [2.45, 2.75) is 64.6 Å². The van der Waals surface area contributed by atoms with Crippen molar-refractivity contribution in [1.29, 1.82) is 0 Å². The van der Waals surface area contributed by atoms with Crippen LogP contribution in [0.4, 0.5) is 10.5 Å². The quantitative estimate of drug-likeness (QED) is 0.204. The number of hydrogen-bond donors (Lipinski definition) is 2. The number of methoxy groups -OCH3 is 1. The molecule has 3 aromatic heterocycles. The van der Waals surface area contributed by atoms with E-state index in [2.05, 4.69) is 20.6 Å². The molecule has 268 valence electrons. The van der Waals surface area contributed by atoms with E-state index >= 15 is 0 Å². The number of thiazole rings is 1. The second kappa shape index (κ2) is 17.6. The summed E-state index contributed by atoms with van der Waals surface area (Å²) in [7, 11) is 1.48. The fourth-order valence-corrected chi connectivity index (χ4v) is 6.68. The van der Waals surface area contributed by atoms with Crippen molar-refractivity contribution in [3.05, 3.63) is 74.3 Å². The van der Waals surface area contributed by atoms with E-state index in [0.717, 1.165) is 11.3 Å². The van der Waals surface area contributed by atoms with Crippen LogP contribution in [-0.2, 0) is 27.3 Å². The Morgan fingerprint density at radius 1 is 1.10 bits per heavy atom. The number of aliphatic carboxylic acids is 1. The summed E-state index contributed by atoms with van der Waals surface area (Å²) in [4.78, 5) is 64.3. The molecule has 1 aromatic carbocycles. The van der Waals surface area contributed by atoms with Crippen LogP contribution in [0.3, 0.4) is 0 Å². The molecule has 0 spiro atoms. The zero-order valence-corrected chi connectivity index (χ0v) is 31.6. The fourth-order valence-electron chi connectivity index (χ4n) is 5.30. The van der Waals surface area contributed by atoms with E-state index in [1.54, 1.807) is 63.4 Å². The van der Waals surface area contributed by atoms with Gasteiger partial charge in [-0.15, -0.1) is 11.3 Å². The molecule has 0 saturated carbocycles. The largest absolute Gasteiger partial charge is 1.00 e. The molecular weight excluding hydrogens is 726 g/mol. The van der Waals surface area contributed by atoms with Gasteiger partial charge in [0.05, 0.1) is 40.8 Å². The van der Waals surface area contributed by atoms with E-state index in [1.165, 1.54) is 18.2 Å². The molecule has 5 rings (SSSR count). The molecule has 17 heteroatoms. The van der Waals surface area contributed by atoms with Crippen molar-refractivity contribution in [3.8, 4) is 28.4 Å². The third kappa shape index (κ3) is 10.2. The molecule has 0 radical (unpaired) electrons. The third-order valence-electron chi connectivity index (χ3n) is 7.66. The smallest absolute Gasteiger partial charge is 0.550 e. The number of carbonyl (C=O) groups excluding carboxylic acids is 4. The van der Waals surface area contributed by atoms with Crippen LogP contribution in [-0.4, -0.2) is 69.0 Å². The number of carboxylic acid groups (broad SMARTS) is 1. The van der Waals surface area contributed by atoms with Crippen molar-refractivity contribution < 1.29 is 52.6 Å². The molecule has 0 bridgehead atoms. The molecule has 3 amide bonds. The third-order valence-corrected chi connectivity index (χ3v) is 9.51. The van der Waals surface area contributed by atoms with Crippen LogP contribution in [0.25, 0.3) is 22.5 Å². The van der Waals surface area contributed by atoms with E-state index in [1.807, 2.05) is 0 Å². The molecule has 1 atom stereocenters. The first kappa shape index (κ1) is 40.6. The second-order valence-electron chi connectivity index (χ2n) is 12.7. The van der Waals surface area contributed by atoms with Crippen LogP contribution in [0, 0.1) is 0 Å². The van der Waals surface area contributed by atoms with Crippen molar-refractivity contribution in [1.82, 2.24) is 25.2 Å². The summed E-state index contributed by atoms with van der Waals surface area (Å²) in [6.07, 6.45) is 3.52. The van der Waals surface area contributed by atoms with Crippen molar-refractivity contribution in [2.75, 3.05) is 19.0 Å². The van der Waals surface area contributed by atoms with Gasteiger partial charge in [-0.2, -0.15) is 0 Å². The maximum atomic E-state index is 13.2. The molecule has 4 aromatic rings. The first-order chi connectivity index (χ1) is 24.2. The van der Waals surface area contributed by atoms with Gasteiger partial charge in [0.15, 0.2) is 5.01 Å². The molecule has 0 aliphatic carbocycles. The second-order valence-corrected chi connectivity index (χ2v) is 14.5. The summed E-state index contributed by atoms with van der Waals surface area (Å²) in [5, 5.41) is 17.0. The summed E-state index contributed by atoms with van der Waals surface area (Å²) in [5.41, 5.74) is 1.97. The van der Waals surface area contributed by atoms with E-state index in [-0.39, 0.29) is 77.7 Å². The Labute approximate surface area is 326 Å². The van der Waals surface area contributed by atoms with Gasteiger partial charge in [0, 0.05) is 58.9 Å². The normalized spacial score (nSPS) is 13.9. The standard InChI is InChI=1S/C35H36Cl2N6O7S.Li/c1-35(2,3)50-34(48)43(18-20-9-12-26(44)40-20)17-19-8-11-24(42-32(19)49-4)22-14-15-38-30(29(22)37)23-6-5-7-25(28(23)36)41-31(47)33-39-16-21(51-33)10-13-27(45)46;/h5-8,11,14-16,20H,9-10,12-13,17-18H2,1-4H3,(H,40,44)(H,41,47)(H,45,46);/q;+1/p-1/t20-;/m0./s1. The molecule has 13 nitrogen and oxygen atoms in total. The maximum absolute atomic E-state index is 13.2. The zero-order chi connectivity index (χ0) is 36.9. The maximum Gasteiger partial charge on any atom is 1.00 e. The number of aryl methyl sites for hydroxylation is 1.